The predicted octanol–water partition coefficient (Wildman–Crippen LogP) is 3.72. The van der Waals surface area contributed by atoms with Crippen LogP contribution in [0.1, 0.15) is 55.5 Å². The summed E-state index contributed by atoms with van der Waals surface area (Å²) in [5.41, 5.74) is 1.50. The fourth-order valence-corrected chi connectivity index (χ4v) is 6.30. The zero-order valence-corrected chi connectivity index (χ0v) is 19.4. The summed E-state index contributed by atoms with van der Waals surface area (Å²) in [4.78, 5) is 54.2. The molecular formula is C27H31NO5. The van der Waals surface area contributed by atoms with Crippen molar-refractivity contribution in [3.63, 3.8) is 0 Å². The maximum Gasteiger partial charge on any atom is 0.330 e. The fourth-order valence-electron chi connectivity index (χ4n) is 6.30. The summed E-state index contributed by atoms with van der Waals surface area (Å²) >= 11 is 0. The van der Waals surface area contributed by atoms with Crippen LogP contribution in [0.15, 0.2) is 36.4 Å². The Morgan fingerprint density at radius 1 is 1.03 bits per heavy atom. The average molecular weight is 450 g/mol. The summed E-state index contributed by atoms with van der Waals surface area (Å²) in [5.74, 6) is -0.894. The third kappa shape index (κ3) is 3.54. The van der Waals surface area contributed by atoms with Gasteiger partial charge in [0.1, 0.15) is 6.04 Å². The van der Waals surface area contributed by atoms with Gasteiger partial charge in [-0.25, -0.2) is 4.79 Å². The quantitative estimate of drug-likeness (QED) is 0.262. The van der Waals surface area contributed by atoms with E-state index in [2.05, 4.69) is 12.2 Å². The number of hydrogen-bond donors (Lipinski definition) is 0. The number of rotatable bonds is 8. The predicted molar refractivity (Wildman–Crippen MR) is 121 cm³/mol. The number of Topliss-reactive ketones (excluding diaryl/α,β-unsaturated/α-hetero) is 1. The van der Waals surface area contributed by atoms with Gasteiger partial charge in [-0.2, -0.15) is 0 Å². The van der Waals surface area contributed by atoms with Crippen LogP contribution in [0.25, 0.3) is 0 Å². The Hall–Kier alpha value is -2.76. The average Bonchev–Trinajstić information content (AvgIpc) is 3.59. The van der Waals surface area contributed by atoms with Crippen molar-refractivity contribution in [2.45, 2.75) is 58.6 Å². The first-order valence-corrected chi connectivity index (χ1v) is 12.2. The van der Waals surface area contributed by atoms with E-state index in [9.17, 15) is 19.2 Å². The molecule has 2 bridgehead atoms. The third-order valence-corrected chi connectivity index (χ3v) is 8.11. The van der Waals surface area contributed by atoms with Crippen LogP contribution in [0.4, 0.5) is 0 Å². The first kappa shape index (κ1) is 22.1. The molecule has 0 spiro atoms. The number of esters is 1. The van der Waals surface area contributed by atoms with E-state index in [-0.39, 0.29) is 41.3 Å². The lowest BCUT2D eigenvalue weighted by molar-refractivity contribution is -0.161. The number of benzene rings is 1. The number of unbranched alkanes of at least 4 members (excludes halogenated alkanes) is 1. The van der Waals surface area contributed by atoms with E-state index in [1.165, 1.54) is 4.90 Å². The molecule has 6 nitrogen and oxygen atoms in total. The van der Waals surface area contributed by atoms with E-state index in [1.807, 2.05) is 26.0 Å². The zero-order chi connectivity index (χ0) is 23.4. The van der Waals surface area contributed by atoms with Crippen molar-refractivity contribution >= 4 is 23.6 Å². The molecule has 8 atom stereocenters. The number of ether oxygens (including phenoxy) is 1. The minimum absolute atomic E-state index is 0.108. The minimum Gasteiger partial charge on any atom is -0.453 e. The number of amides is 2. The molecule has 3 fully saturated rings. The van der Waals surface area contributed by atoms with Crippen LogP contribution in [0.2, 0.25) is 0 Å². The van der Waals surface area contributed by atoms with Gasteiger partial charge in [0.15, 0.2) is 6.10 Å². The molecule has 1 heterocycles. The van der Waals surface area contributed by atoms with Crippen molar-refractivity contribution in [2.24, 2.45) is 35.5 Å². The first-order chi connectivity index (χ1) is 15.8. The van der Waals surface area contributed by atoms with E-state index >= 15 is 0 Å². The molecule has 6 heteroatoms. The van der Waals surface area contributed by atoms with E-state index in [1.54, 1.807) is 19.1 Å². The summed E-state index contributed by atoms with van der Waals surface area (Å²) in [6, 6.07) is 6.12. The maximum absolute atomic E-state index is 13.5. The zero-order valence-electron chi connectivity index (χ0n) is 19.4. The number of ketones is 1. The van der Waals surface area contributed by atoms with Crippen LogP contribution in [-0.4, -0.2) is 40.6 Å². The van der Waals surface area contributed by atoms with Gasteiger partial charge >= 0.3 is 5.97 Å². The van der Waals surface area contributed by atoms with E-state index < -0.39 is 18.1 Å². The van der Waals surface area contributed by atoms with Gasteiger partial charge in [-0.05, 0) is 50.4 Å². The summed E-state index contributed by atoms with van der Waals surface area (Å²) in [6.45, 7) is 5.47. The Balaban J connectivity index is 1.35. The normalized spacial score (nSPS) is 32.9. The highest BCUT2D eigenvalue weighted by Gasteiger charge is 2.68. The van der Waals surface area contributed by atoms with Crippen LogP contribution in [-0.2, 0) is 19.1 Å². The molecule has 2 amide bonds. The van der Waals surface area contributed by atoms with Crippen molar-refractivity contribution in [3.8, 4) is 0 Å². The second-order valence-corrected chi connectivity index (χ2v) is 10.2. The molecule has 1 aromatic rings. The molecule has 1 aliphatic heterocycles. The van der Waals surface area contributed by atoms with Gasteiger partial charge in [-0.3, -0.25) is 19.3 Å². The van der Waals surface area contributed by atoms with Crippen molar-refractivity contribution in [3.05, 3.63) is 47.5 Å². The molecule has 33 heavy (non-hydrogen) atoms. The topological polar surface area (TPSA) is 80.8 Å². The highest BCUT2D eigenvalue weighted by molar-refractivity contribution is 6.09. The number of nitrogens with zero attached hydrogens (tertiary/aromatic N) is 1. The Morgan fingerprint density at radius 2 is 1.61 bits per heavy atom. The molecule has 0 aromatic heterocycles. The van der Waals surface area contributed by atoms with Crippen LogP contribution in [0, 0.1) is 42.4 Å². The number of carbonyl (C=O) groups excluding carboxylic acids is 4. The number of aryl methyl sites for hydroxylation is 1. The molecule has 0 radical (unpaired) electrons. The number of hydrogen-bond acceptors (Lipinski definition) is 5. The molecule has 0 unspecified atom stereocenters. The number of imide groups is 1. The van der Waals surface area contributed by atoms with Gasteiger partial charge in [0.2, 0.25) is 17.6 Å². The maximum atomic E-state index is 13.5. The molecule has 2 saturated carbocycles. The van der Waals surface area contributed by atoms with Gasteiger partial charge in [0, 0.05) is 5.56 Å². The van der Waals surface area contributed by atoms with Gasteiger partial charge in [-0.15, -0.1) is 0 Å². The summed E-state index contributed by atoms with van der Waals surface area (Å²) in [7, 11) is 0. The Kier molecular flexibility index (Phi) is 5.50. The van der Waals surface area contributed by atoms with Crippen LogP contribution < -0.4 is 0 Å². The standard InChI is InChI=1S/C27H31NO5/c1-4-5-6-21(27(32)33-15(3)24(29)16-9-7-14(2)8-10-16)28-25(30)22-17-11-12-18(20-13-19(17)20)23(22)26(28)31/h7-12,15,17-23H,4-6,13H2,1-3H3/t15-,17+,18+,19+,20+,21-,22-,23+/m1/s1. The molecular weight excluding hydrogens is 418 g/mol. The third-order valence-electron chi connectivity index (χ3n) is 8.11. The van der Waals surface area contributed by atoms with Gasteiger partial charge in [-0.1, -0.05) is 61.7 Å². The molecule has 4 aliphatic carbocycles. The Bertz CT molecular complexity index is 991. The van der Waals surface area contributed by atoms with Crippen molar-refractivity contribution in [1.82, 2.24) is 4.90 Å². The van der Waals surface area contributed by atoms with Crippen molar-refractivity contribution in [2.75, 3.05) is 0 Å². The first-order valence-electron chi connectivity index (χ1n) is 12.2. The van der Waals surface area contributed by atoms with Crippen LogP contribution >= 0.6 is 0 Å². The van der Waals surface area contributed by atoms with E-state index in [4.69, 9.17) is 4.74 Å². The molecule has 5 aliphatic rings. The molecule has 0 N–H and O–H groups in total. The molecule has 6 rings (SSSR count). The number of allylic oxidation sites excluding steroid dienone is 2. The van der Waals surface area contributed by atoms with Crippen molar-refractivity contribution < 1.29 is 23.9 Å². The number of likely N-dealkylation sites (tertiary alicyclic amines) is 1. The highest BCUT2D eigenvalue weighted by atomic mass is 16.5. The fraction of sp³-hybridized carbons (Fsp3) is 0.556. The smallest absolute Gasteiger partial charge is 0.330 e. The van der Waals surface area contributed by atoms with Crippen LogP contribution in [0.3, 0.4) is 0 Å². The van der Waals surface area contributed by atoms with Gasteiger partial charge < -0.3 is 4.74 Å². The van der Waals surface area contributed by atoms with Gasteiger partial charge in [0.05, 0.1) is 11.8 Å². The van der Waals surface area contributed by atoms with Crippen molar-refractivity contribution in [1.29, 1.82) is 0 Å². The molecule has 174 valence electrons. The summed E-state index contributed by atoms with van der Waals surface area (Å²) < 4.78 is 5.57. The SMILES string of the molecule is CCCC[C@H](C(=O)O[C@H](C)C(=O)c1ccc(C)cc1)N1C(=O)[C@@H]2[C@H]3C=C[C@@H]([C@@H]4C[C@@H]34)[C@@H]2C1=O. The van der Waals surface area contributed by atoms with Crippen LogP contribution in [0.5, 0.6) is 0 Å². The second kappa shape index (κ2) is 8.23. The monoisotopic (exact) mass is 449 g/mol. The number of carbonyl (C=O) groups is 4. The summed E-state index contributed by atoms with van der Waals surface area (Å²) in [6.07, 6.45) is 6.20. The van der Waals surface area contributed by atoms with E-state index in [0.717, 1.165) is 18.4 Å². The highest BCUT2D eigenvalue weighted by Crippen LogP contribution is 2.65. The molecule has 1 saturated heterocycles. The summed E-state index contributed by atoms with van der Waals surface area (Å²) in [5, 5.41) is 0. The molecule has 1 aromatic carbocycles. The largest absolute Gasteiger partial charge is 0.453 e. The second-order valence-electron chi connectivity index (χ2n) is 10.2. The lowest BCUT2D eigenvalue weighted by atomic mass is 9.63. The lowest BCUT2D eigenvalue weighted by Crippen LogP contribution is -2.47. The Morgan fingerprint density at radius 3 is 2.15 bits per heavy atom. The Labute approximate surface area is 194 Å². The van der Waals surface area contributed by atoms with E-state index in [0.29, 0.717) is 30.2 Å². The lowest BCUT2D eigenvalue weighted by Gasteiger charge is -2.37. The minimum atomic E-state index is -0.995. The van der Waals surface area contributed by atoms with Gasteiger partial charge in [0.25, 0.3) is 0 Å².